The number of ether oxygens (including phenoxy) is 2. The van der Waals surface area contributed by atoms with Gasteiger partial charge in [-0.25, -0.2) is 0 Å². The molecule has 0 aliphatic rings. The Hall–Kier alpha value is -1.26. The van der Waals surface area contributed by atoms with E-state index in [1.807, 2.05) is 32.0 Å². The number of benzene rings is 1. The van der Waals surface area contributed by atoms with Crippen LogP contribution in [0.4, 0.5) is 0 Å². The van der Waals surface area contributed by atoms with Crippen molar-refractivity contribution in [1.82, 2.24) is 0 Å². The van der Waals surface area contributed by atoms with Gasteiger partial charge in [-0.2, -0.15) is 0 Å². The Labute approximate surface area is 103 Å². The normalized spacial score (nSPS) is 13.3. The number of methoxy groups -OCH3 is 2. The van der Waals surface area contributed by atoms with E-state index in [2.05, 4.69) is 0 Å². The molecule has 0 radical (unpaired) electrons. The monoisotopic (exact) mass is 238 g/mol. The standard InChI is InChI=1S/C13H22N2O2/c1-13(2,8-14)12(15)9-5-6-10(16-3)11(7-9)17-4/h5-7,12H,8,14-15H2,1-4H3. The van der Waals surface area contributed by atoms with E-state index in [9.17, 15) is 0 Å². The van der Waals surface area contributed by atoms with Crippen LogP contribution in [0.1, 0.15) is 25.5 Å². The van der Waals surface area contributed by atoms with Gasteiger partial charge in [0.15, 0.2) is 11.5 Å². The van der Waals surface area contributed by atoms with Gasteiger partial charge in [0.2, 0.25) is 0 Å². The third-order valence-electron chi connectivity index (χ3n) is 3.13. The highest BCUT2D eigenvalue weighted by atomic mass is 16.5. The molecule has 4 heteroatoms. The maximum atomic E-state index is 6.22. The molecule has 4 N–H and O–H groups in total. The largest absolute Gasteiger partial charge is 0.493 e. The first-order valence-electron chi connectivity index (χ1n) is 5.64. The first-order chi connectivity index (χ1) is 7.96. The molecule has 1 unspecified atom stereocenters. The number of nitrogens with two attached hydrogens (primary N) is 2. The zero-order valence-electron chi connectivity index (χ0n) is 11.0. The Morgan fingerprint density at radius 1 is 1.18 bits per heavy atom. The fourth-order valence-electron chi connectivity index (χ4n) is 1.62. The van der Waals surface area contributed by atoms with Crippen LogP contribution in [0.15, 0.2) is 18.2 Å². The van der Waals surface area contributed by atoms with Gasteiger partial charge in [0, 0.05) is 6.04 Å². The first-order valence-corrected chi connectivity index (χ1v) is 5.64. The number of hydrogen-bond acceptors (Lipinski definition) is 4. The van der Waals surface area contributed by atoms with Gasteiger partial charge < -0.3 is 20.9 Å². The zero-order chi connectivity index (χ0) is 13.1. The highest BCUT2D eigenvalue weighted by Gasteiger charge is 2.26. The molecule has 1 rings (SSSR count). The molecular formula is C13H22N2O2. The van der Waals surface area contributed by atoms with Crippen molar-refractivity contribution < 1.29 is 9.47 Å². The fourth-order valence-corrected chi connectivity index (χ4v) is 1.62. The Morgan fingerprint density at radius 3 is 2.24 bits per heavy atom. The van der Waals surface area contributed by atoms with Gasteiger partial charge >= 0.3 is 0 Å². The van der Waals surface area contributed by atoms with Gasteiger partial charge in [-0.15, -0.1) is 0 Å². The second-order valence-electron chi connectivity index (χ2n) is 4.78. The molecule has 0 bridgehead atoms. The van der Waals surface area contributed by atoms with Crippen molar-refractivity contribution >= 4 is 0 Å². The van der Waals surface area contributed by atoms with Crippen LogP contribution >= 0.6 is 0 Å². The average Bonchev–Trinajstić information content (AvgIpc) is 2.36. The second kappa shape index (κ2) is 5.38. The average molecular weight is 238 g/mol. The van der Waals surface area contributed by atoms with Crippen molar-refractivity contribution in [1.29, 1.82) is 0 Å². The van der Waals surface area contributed by atoms with Crippen molar-refractivity contribution in [2.24, 2.45) is 16.9 Å². The summed E-state index contributed by atoms with van der Waals surface area (Å²) >= 11 is 0. The van der Waals surface area contributed by atoms with Gasteiger partial charge in [-0.1, -0.05) is 19.9 Å². The third-order valence-corrected chi connectivity index (χ3v) is 3.13. The van der Waals surface area contributed by atoms with Gasteiger partial charge in [0.05, 0.1) is 14.2 Å². The SMILES string of the molecule is COc1ccc(C(N)C(C)(C)CN)cc1OC. The quantitative estimate of drug-likeness (QED) is 0.819. The highest BCUT2D eigenvalue weighted by molar-refractivity contribution is 5.44. The lowest BCUT2D eigenvalue weighted by molar-refractivity contribution is 0.299. The van der Waals surface area contributed by atoms with E-state index in [-0.39, 0.29) is 11.5 Å². The van der Waals surface area contributed by atoms with Crippen LogP contribution in [-0.2, 0) is 0 Å². The van der Waals surface area contributed by atoms with Crippen LogP contribution in [0.2, 0.25) is 0 Å². The fraction of sp³-hybridized carbons (Fsp3) is 0.538. The Balaban J connectivity index is 3.07. The number of hydrogen-bond donors (Lipinski definition) is 2. The molecule has 1 aromatic rings. The van der Waals surface area contributed by atoms with Gasteiger partial charge in [0.25, 0.3) is 0 Å². The molecule has 0 saturated heterocycles. The van der Waals surface area contributed by atoms with Crippen LogP contribution in [0.25, 0.3) is 0 Å². The maximum absolute atomic E-state index is 6.22. The van der Waals surface area contributed by atoms with Crippen LogP contribution in [-0.4, -0.2) is 20.8 Å². The van der Waals surface area contributed by atoms with E-state index in [0.29, 0.717) is 18.0 Å². The minimum absolute atomic E-state index is 0.132. The van der Waals surface area contributed by atoms with Crippen LogP contribution in [0.5, 0.6) is 11.5 Å². The van der Waals surface area contributed by atoms with Gasteiger partial charge in [-0.05, 0) is 29.7 Å². The predicted octanol–water partition coefficient (Wildman–Crippen LogP) is 1.69. The molecule has 1 atom stereocenters. The number of rotatable bonds is 5. The summed E-state index contributed by atoms with van der Waals surface area (Å²) in [7, 11) is 3.22. The van der Waals surface area contributed by atoms with E-state index in [1.54, 1.807) is 14.2 Å². The van der Waals surface area contributed by atoms with Crippen molar-refractivity contribution in [2.75, 3.05) is 20.8 Å². The summed E-state index contributed by atoms with van der Waals surface area (Å²) in [6.45, 7) is 4.63. The molecule has 0 aromatic heterocycles. The predicted molar refractivity (Wildman–Crippen MR) is 69.3 cm³/mol. The lowest BCUT2D eigenvalue weighted by Gasteiger charge is -2.30. The van der Waals surface area contributed by atoms with Crippen LogP contribution < -0.4 is 20.9 Å². The Bertz CT molecular complexity index is 378. The molecular weight excluding hydrogens is 216 g/mol. The van der Waals surface area contributed by atoms with E-state index in [1.165, 1.54) is 0 Å². The summed E-state index contributed by atoms with van der Waals surface area (Å²) in [6.07, 6.45) is 0. The molecule has 96 valence electrons. The third kappa shape index (κ3) is 2.90. The summed E-state index contributed by atoms with van der Waals surface area (Å²) in [4.78, 5) is 0. The summed E-state index contributed by atoms with van der Waals surface area (Å²) in [6, 6.07) is 5.58. The van der Waals surface area contributed by atoms with Crippen LogP contribution in [0.3, 0.4) is 0 Å². The molecule has 0 fully saturated rings. The molecule has 4 nitrogen and oxygen atoms in total. The van der Waals surface area contributed by atoms with E-state index >= 15 is 0 Å². The molecule has 0 saturated carbocycles. The zero-order valence-corrected chi connectivity index (χ0v) is 11.0. The topological polar surface area (TPSA) is 70.5 Å². The highest BCUT2D eigenvalue weighted by Crippen LogP contribution is 2.35. The summed E-state index contributed by atoms with van der Waals surface area (Å²) in [5, 5.41) is 0. The molecule has 0 amide bonds. The lowest BCUT2D eigenvalue weighted by atomic mass is 9.81. The van der Waals surface area contributed by atoms with E-state index < -0.39 is 0 Å². The van der Waals surface area contributed by atoms with Crippen molar-refractivity contribution in [3.63, 3.8) is 0 Å². The van der Waals surface area contributed by atoms with E-state index in [0.717, 1.165) is 5.56 Å². The molecule has 0 heterocycles. The molecule has 0 spiro atoms. The van der Waals surface area contributed by atoms with Crippen molar-refractivity contribution in [3.8, 4) is 11.5 Å². The summed E-state index contributed by atoms with van der Waals surface area (Å²) < 4.78 is 10.5. The van der Waals surface area contributed by atoms with Crippen molar-refractivity contribution in [3.05, 3.63) is 23.8 Å². The maximum Gasteiger partial charge on any atom is 0.161 e. The minimum Gasteiger partial charge on any atom is -0.493 e. The van der Waals surface area contributed by atoms with Gasteiger partial charge in [0.1, 0.15) is 0 Å². The van der Waals surface area contributed by atoms with Crippen molar-refractivity contribution in [2.45, 2.75) is 19.9 Å². The van der Waals surface area contributed by atoms with Gasteiger partial charge in [-0.3, -0.25) is 0 Å². The van der Waals surface area contributed by atoms with E-state index in [4.69, 9.17) is 20.9 Å². The van der Waals surface area contributed by atoms with Crippen LogP contribution in [0, 0.1) is 5.41 Å². The molecule has 0 aliphatic heterocycles. The Morgan fingerprint density at radius 2 is 1.76 bits per heavy atom. The molecule has 1 aromatic carbocycles. The molecule has 0 aliphatic carbocycles. The first kappa shape index (κ1) is 13.8. The Kier molecular flexibility index (Phi) is 4.37. The summed E-state index contributed by atoms with van der Waals surface area (Å²) in [5.74, 6) is 1.39. The molecule has 17 heavy (non-hydrogen) atoms. The second-order valence-corrected chi connectivity index (χ2v) is 4.78. The lowest BCUT2D eigenvalue weighted by Crippen LogP contribution is -2.35. The minimum atomic E-state index is -0.153. The summed E-state index contributed by atoms with van der Waals surface area (Å²) in [5.41, 5.74) is 12.8. The smallest absolute Gasteiger partial charge is 0.161 e.